The van der Waals surface area contributed by atoms with E-state index >= 15 is 0 Å². The molecule has 5 rings (SSSR count). The number of rotatable bonds is 6. The van der Waals surface area contributed by atoms with Crippen molar-refractivity contribution in [2.45, 2.75) is 58.2 Å². The van der Waals surface area contributed by atoms with Gasteiger partial charge in [0.1, 0.15) is 16.9 Å². The van der Waals surface area contributed by atoms with Crippen LogP contribution in [0.1, 0.15) is 53.6 Å². The summed E-state index contributed by atoms with van der Waals surface area (Å²) in [7, 11) is 0. The summed E-state index contributed by atoms with van der Waals surface area (Å²) in [6, 6.07) is 10.6. The van der Waals surface area contributed by atoms with Crippen LogP contribution in [0.3, 0.4) is 0 Å². The van der Waals surface area contributed by atoms with E-state index in [4.69, 9.17) is 9.72 Å². The highest BCUT2D eigenvalue weighted by Crippen LogP contribution is 2.36. The van der Waals surface area contributed by atoms with Gasteiger partial charge in [-0.15, -0.1) is 11.3 Å². The third-order valence-electron chi connectivity index (χ3n) is 6.91. The molecule has 7 nitrogen and oxygen atoms in total. The van der Waals surface area contributed by atoms with Crippen LogP contribution >= 0.6 is 11.3 Å². The largest absolute Gasteiger partial charge is 0.376 e. The highest BCUT2D eigenvalue weighted by Gasteiger charge is 2.31. The molecular weight excluding hydrogens is 434 g/mol. The van der Waals surface area contributed by atoms with E-state index in [-0.39, 0.29) is 24.6 Å². The number of benzene rings is 1. The number of ether oxygens (including phenoxy) is 1. The maximum absolute atomic E-state index is 13.2. The van der Waals surface area contributed by atoms with Gasteiger partial charge in [-0.1, -0.05) is 12.1 Å². The SMILES string of the molecule is Cc1c(C#N)c(NC(=O)CN2CCC[C@H]2c2nc3ccccc3s2)n(C[C@H]2CCCO2)c1C. The van der Waals surface area contributed by atoms with Crippen molar-refractivity contribution in [3.8, 4) is 6.07 Å². The summed E-state index contributed by atoms with van der Waals surface area (Å²) in [5.41, 5.74) is 3.48. The Morgan fingerprint density at radius 3 is 2.91 bits per heavy atom. The number of hydrogen-bond acceptors (Lipinski definition) is 6. The molecule has 0 bridgehead atoms. The number of nitriles is 1. The average molecular weight is 464 g/mol. The van der Waals surface area contributed by atoms with Gasteiger partial charge in [-0.05, 0) is 63.8 Å². The van der Waals surface area contributed by atoms with E-state index in [0.717, 1.165) is 60.6 Å². The molecular formula is C25H29N5O2S. The summed E-state index contributed by atoms with van der Waals surface area (Å²) in [5, 5.41) is 13.9. The van der Waals surface area contributed by atoms with Crippen LogP contribution in [0.25, 0.3) is 10.2 Å². The number of para-hydroxylation sites is 1. The number of nitrogens with one attached hydrogen (secondary N) is 1. The number of amides is 1. The Hall–Kier alpha value is -2.73. The van der Waals surface area contributed by atoms with Gasteiger partial charge in [0.05, 0.1) is 41.0 Å². The Balaban J connectivity index is 1.34. The number of fused-ring (bicyclic) bond motifs is 1. The average Bonchev–Trinajstić information content (AvgIpc) is 3.59. The number of aromatic nitrogens is 2. The highest BCUT2D eigenvalue weighted by atomic mass is 32.1. The van der Waals surface area contributed by atoms with Crippen molar-refractivity contribution < 1.29 is 9.53 Å². The minimum Gasteiger partial charge on any atom is -0.376 e. The van der Waals surface area contributed by atoms with Gasteiger partial charge in [-0.2, -0.15) is 5.26 Å². The first kappa shape index (κ1) is 22.1. The first-order chi connectivity index (χ1) is 16.0. The van der Waals surface area contributed by atoms with Gasteiger partial charge in [0, 0.05) is 12.3 Å². The molecule has 1 N–H and O–H groups in total. The second kappa shape index (κ2) is 9.26. The Labute approximate surface area is 198 Å². The smallest absolute Gasteiger partial charge is 0.239 e. The first-order valence-corrected chi connectivity index (χ1v) is 12.5. The quantitative estimate of drug-likeness (QED) is 0.580. The molecule has 172 valence electrons. The Morgan fingerprint density at radius 2 is 2.15 bits per heavy atom. The minimum absolute atomic E-state index is 0.0920. The van der Waals surface area contributed by atoms with Crippen LogP contribution in [-0.4, -0.2) is 46.2 Å². The van der Waals surface area contributed by atoms with Crippen LogP contribution in [-0.2, 0) is 16.1 Å². The standard InChI is InChI=1S/C25H29N5O2S/c1-16-17(2)30(14-18-7-6-12-32-18)24(19(16)13-26)28-23(31)15-29-11-5-9-21(29)25-27-20-8-3-4-10-22(20)33-25/h3-4,8,10,18,21H,5-7,9,11-12,14-15H2,1-2H3,(H,28,31)/t18-,21+/m1/s1. The molecule has 0 unspecified atom stereocenters. The van der Waals surface area contributed by atoms with Gasteiger partial charge >= 0.3 is 0 Å². The monoisotopic (exact) mass is 463 g/mol. The molecule has 0 saturated carbocycles. The van der Waals surface area contributed by atoms with Gasteiger partial charge in [-0.3, -0.25) is 9.69 Å². The van der Waals surface area contributed by atoms with Gasteiger partial charge in [0.25, 0.3) is 0 Å². The van der Waals surface area contributed by atoms with Crippen LogP contribution < -0.4 is 5.32 Å². The van der Waals surface area contributed by atoms with E-state index in [1.54, 1.807) is 11.3 Å². The predicted molar refractivity (Wildman–Crippen MR) is 129 cm³/mol. The fraction of sp³-hybridized carbons (Fsp3) is 0.480. The molecule has 2 aliphatic rings. The molecule has 0 aliphatic carbocycles. The lowest BCUT2D eigenvalue weighted by Gasteiger charge is -2.23. The lowest BCUT2D eigenvalue weighted by atomic mass is 10.2. The van der Waals surface area contributed by atoms with Gasteiger partial charge in [0.15, 0.2) is 0 Å². The summed E-state index contributed by atoms with van der Waals surface area (Å²) in [4.78, 5) is 20.2. The normalized spacial score (nSPS) is 21.0. The van der Waals surface area contributed by atoms with E-state index in [9.17, 15) is 10.1 Å². The molecule has 2 aromatic heterocycles. The summed E-state index contributed by atoms with van der Waals surface area (Å²) in [6.07, 6.45) is 4.23. The van der Waals surface area contributed by atoms with Gasteiger partial charge in [0.2, 0.25) is 5.91 Å². The third kappa shape index (κ3) is 4.29. The van der Waals surface area contributed by atoms with E-state index in [1.165, 1.54) is 4.70 Å². The van der Waals surface area contributed by atoms with E-state index in [0.29, 0.717) is 17.9 Å². The van der Waals surface area contributed by atoms with Crippen LogP contribution in [0.15, 0.2) is 24.3 Å². The van der Waals surface area contributed by atoms with Crippen LogP contribution in [0, 0.1) is 25.2 Å². The van der Waals surface area contributed by atoms with E-state index in [1.807, 2.05) is 32.0 Å². The molecule has 3 aromatic rings. The van der Waals surface area contributed by atoms with Crippen molar-refractivity contribution in [3.63, 3.8) is 0 Å². The fourth-order valence-electron chi connectivity index (χ4n) is 5.03. The molecule has 1 amide bonds. The maximum atomic E-state index is 13.2. The Morgan fingerprint density at radius 1 is 1.30 bits per heavy atom. The topological polar surface area (TPSA) is 83.2 Å². The molecule has 2 aliphatic heterocycles. The highest BCUT2D eigenvalue weighted by molar-refractivity contribution is 7.18. The van der Waals surface area contributed by atoms with Crippen molar-refractivity contribution in [3.05, 3.63) is 46.1 Å². The lowest BCUT2D eigenvalue weighted by Crippen LogP contribution is -2.33. The zero-order chi connectivity index (χ0) is 22.9. The molecule has 33 heavy (non-hydrogen) atoms. The van der Waals surface area contributed by atoms with Gasteiger partial charge < -0.3 is 14.6 Å². The number of hydrogen-bond donors (Lipinski definition) is 1. The summed E-state index contributed by atoms with van der Waals surface area (Å²) in [5.74, 6) is 0.509. The Bertz CT molecular complexity index is 1180. The fourth-order valence-corrected chi connectivity index (χ4v) is 6.17. The first-order valence-electron chi connectivity index (χ1n) is 11.7. The predicted octanol–water partition coefficient (Wildman–Crippen LogP) is 4.54. The second-order valence-corrected chi connectivity index (χ2v) is 10.1. The minimum atomic E-state index is -0.0920. The third-order valence-corrected chi connectivity index (χ3v) is 8.05. The van der Waals surface area contributed by atoms with Crippen LogP contribution in [0.5, 0.6) is 0 Å². The van der Waals surface area contributed by atoms with Crippen molar-refractivity contribution >= 4 is 33.3 Å². The number of anilines is 1. The molecule has 0 radical (unpaired) electrons. The molecule has 1 aromatic carbocycles. The molecule has 8 heteroatoms. The zero-order valence-corrected chi connectivity index (χ0v) is 20.0. The van der Waals surface area contributed by atoms with E-state index < -0.39 is 0 Å². The maximum Gasteiger partial charge on any atom is 0.239 e. The molecule has 2 saturated heterocycles. The molecule has 4 heterocycles. The lowest BCUT2D eigenvalue weighted by molar-refractivity contribution is -0.117. The summed E-state index contributed by atoms with van der Waals surface area (Å²) < 4.78 is 9.05. The number of carbonyl (C=O) groups is 1. The number of carbonyl (C=O) groups excluding carboxylic acids is 1. The Kier molecular flexibility index (Phi) is 6.19. The van der Waals surface area contributed by atoms with Crippen molar-refractivity contribution in [2.24, 2.45) is 0 Å². The van der Waals surface area contributed by atoms with Crippen molar-refractivity contribution in [2.75, 3.05) is 25.0 Å². The zero-order valence-electron chi connectivity index (χ0n) is 19.1. The van der Waals surface area contributed by atoms with Crippen molar-refractivity contribution in [1.29, 1.82) is 5.26 Å². The second-order valence-electron chi connectivity index (χ2n) is 8.99. The summed E-state index contributed by atoms with van der Waals surface area (Å²) >= 11 is 1.72. The molecule has 0 spiro atoms. The van der Waals surface area contributed by atoms with Crippen LogP contribution in [0.4, 0.5) is 5.82 Å². The summed E-state index contributed by atoms with van der Waals surface area (Å²) in [6.45, 7) is 6.53. The number of likely N-dealkylation sites (tertiary alicyclic amines) is 1. The molecule has 2 fully saturated rings. The van der Waals surface area contributed by atoms with Gasteiger partial charge in [-0.25, -0.2) is 4.98 Å². The van der Waals surface area contributed by atoms with Crippen molar-refractivity contribution in [1.82, 2.24) is 14.5 Å². The molecule has 2 atom stereocenters. The number of nitrogens with zero attached hydrogens (tertiary/aromatic N) is 4. The number of thiazole rings is 1. The van der Waals surface area contributed by atoms with Crippen LogP contribution in [0.2, 0.25) is 0 Å². The van der Waals surface area contributed by atoms with E-state index in [2.05, 4.69) is 26.9 Å².